The van der Waals surface area contributed by atoms with Crippen LogP contribution < -0.4 is 5.73 Å². The van der Waals surface area contributed by atoms with Crippen LogP contribution in [0, 0.1) is 11.7 Å². The number of nitrogens with zero attached hydrogens (tertiary/aromatic N) is 1. The highest BCUT2D eigenvalue weighted by atomic mass is 35.5. The fourth-order valence-corrected chi connectivity index (χ4v) is 2.47. The molecule has 1 fully saturated rings. The van der Waals surface area contributed by atoms with Gasteiger partial charge in [-0.2, -0.15) is 0 Å². The molecular weight excluding hydrogens is 279 g/mol. The van der Waals surface area contributed by atoms with Crippen molar-refractivity contribution in [3.63, 3.8) is 0 Å². The molecule has 1 unspecified atom stereocenters. The standard InChI is InChI=1S/C15H22ClFN2O/c1-19(4-5-20-10-11-2-3-11)15(9-18)12-6-13(16)8-14(17)7-12/h6-8,11,15H,2-5,9-10,18H2,1H3. The van der Waals surface area contributed by atoms with Gasteiger partial charge in [-0.1, -0.05) is 11.6 Å². The Morgan fingerprint density at radius 3 is 2.80 bits per heavy atom. The molecule has 1 atom stereocenters. The number of likely N-dealkylation sites (N-methyl/N-ethyl adjacent to an activating group) is 1. The third-order valence-electron chi connectivity index (χ3n) is 3.66. The molecular formula is C15H22ClFN2O. The van der Waals surface area contributed by atoms with Gasteiger partial charge in [0.15, 0.2) is 0 Å². The van der Waals surface area contributed by atoms with Crippen LogP contribution in [0.25, 0.3) is 0 Å². The maximum absolute atomic E-state index is 13.4. The Kier molecular flexibility index (Phi) is 5.78. The van der Waals surface area contributed by atoms with Gasteiger partial charge in [0.25, 0.3) is 0 Å². The number of benzene rings is 1. The molecule has 0 aliphatic heterocycles. The molecule has 1 aromatic rings. The summed E-state index contributed by atoms with van der Waals surface area (Å²) in [5, 5.41) is 0.400. The summed E-state index contributed by atoms with van der Waals surface area (Å²) in [6.07, 6.45) is 2.59. The molecule has 0 aromatic heterocycles. The van der Waals surface area contributed by atoms with E-state index in [1.165, 1.54) is 25.0 Å². The lowest BCUT2D eigenvalue weighted by Crippen LogP contribution is -2.33. The Hall–Kier alpha value is -0.680. The number of rotatable bonds is 8. The summed E-state index contributed by atoms with van der Waals surface area (Å²) in [7, 11) is 1.97. The highest BCUT2D eigenvalue weighted by Gasteiger charge is 2.21. The molecule has 0 bridgehead atoms. The Balaban J connectivity index is 1.87. The van der Waals surface area contributed by atoms with E-state index >= 15 is 0 Å². The first-order chi connectivity index (χ1) is 9.60. The molecule has 112 valence electrons. The Morgan fingerprint density at radius 2 is 2.20 bits per heavy atom. The molecule has 2 N–H and O–H groups in total. The first-order valence-electron chi connectivity index (χ1n) is 7.04. The second-order valence-corrected chi connectivity index (χ2v) is 5.89. The smallest absolute Gasteiger partial charge is 0.125 e. The van der Waals surface area contributed by atoms with E-state index in [1.54, 1.807) is 6.07 Å². The highest BCUT2D eigenvalue weighted by Crippen LogP contribution is 2.28. The lowest BCUT2D eigenvalue weighted by atomic mass is 10.1. The molecule has 1 aliphatic rings. The largest absolute Gasteiger partial charge is 0.380 e. The Labute approximate surface area is 124 Å². The van der Waals surface area contributed by atoms with E-state index in [-0.39, 0.29) is 11.9 Å². The summed E-state index contributed by atoms with van der Waals surface area (Å²) in [4.78, 5) is 2.08. The van der Waals surface area contributed by atoms with Crippen LogP contribution >= 0.6 is 11.6 Å². The maximum atomic E-state index is 13.4. The number of hydrogen-bond donors (Lipinski definition) is 1. The predicted octanol–water partition coefficient (Wildman–Crippen LogP) is 2.84. The normalized spacial score (nSPS) is 16.6. The molecule has 0 heterocycles. The van der Waals surface area contributed by atoms with Crippen LogP contribution in [0.5, 0.6) is 0 Å². The minimum Gasteiger partial charge on any atom is -0.380 e. The minimum absolute atomic E-state index is 0.0484. The topological polar surface area (TPSA) is 38.5 Å². The summed E-state index contributed by atoms with van der Waals surface area (Å²) >= 11 is 5.90. The van der Waals surface area contributed by atoms with Gasteiger partial charge in [0.1, 0.15) is 5.82 Å². The van der Waals surface area contributed by atoms with Crippen molar-refractivity contribution in [2.75, 3.05) is 33.4 Å². The van der Waals surface area contributed by atoms with E-state index in [0.29, 0.717) is 18.2 Å². The van der Waals surface area contributed by atoms with E-state index < -0.39 is 0 Å². The minimum atomic E-state index is -0.329. The van der Waals surface area contributed by atoms with E-state index in [4.69, 9.17) is 22.1 Å². The molecule has 0 radical (unpaired) electrons. The van der Waals surface area contributed by atoms with Crippen molar-refractivity contribution in [2.24, 2.45) is 11.7 Å². The third kappa shape index (κ3) is 4.70. The zero-order chi connectivity index (χ0) is 14.5. The third-order valence-corrected chi connectivity index (χ3v) is 3.88. The lowest BCUT2D eigenvalue weighted by Gasteiger charge is -2.27. The number of hydrogen-bond acceptors (Lipinski definition) is 3. The average Bonchev–Trinajstić information content (AvgIpc) is 3.18. The molecule has 1 saturated carbocycles. The van der Waals surface area contributed by atoms with E-state index in [0.717, 1.165) is 24.6 Å². The van der Waals surface area contributed by atoms with E-state index in [9.17, 15) is 4.39 Å². The number of ether oxygens (including phenoxy) is 1. The van der Waals surface area contributed by atoms with Crippen molar-refractivity contribution in [3.8, 4) is 0 Å². The SMILES string of the molecule is CN(CCOCC1CC1)C(CN)c1cc(F)cc(Cl)c1. The van der Waals surface area contributed by atoms with Crippen LogP contribution in [0.3, 0.4) is 0 Å². The molecule has 1 aliphatic carbocycles. The lowest BCUT2D eigenvalue weighted by molar-refractivity contribution is 0.0922. The van der Waals surface area contributed by atoms with Crippen LogP contribution in [-0.4, -0.2) is 38.3 Å². The predicted molar refractivity (Wildman–Crippen MR) is 79.4 cm³/mol. The van der Waals surface area contributed by atoms with E-state index in [2.05, 4.69) is 4.90 Å². The second kappa shape index (κ2) is 7.36. The molecule has 1 aromatic carbocycles. The summed E-state index contributed by atoms with van der Waals surface area (Å²) in [5.74, 6) is 0.442. The molecule has 0 saturated heterocycles. The van der Waals surface area contributed by atoms with Gasteiger partial charge >= 0.3 is 0 Å². The van der Waals surface area contributed by atoms with Crippen molar-refractivity contribution >= 4 is 11.6 Å². The zero-order valence-electron chi connectivity index (χ0n) is 11.8. The van der Waals surface area contributed by atoms with Gasteiger partial charge < -0.3 is 10.5 Å². The molecule has 3 nitrogen and oxygen atoms in total. The van der Waals surface area contributed by atoms with Crippen LogP contribution in [0.2, 0.25) is 5.02 Å². The maximum Gasteiger partial charge on any atom is 0.125 e. The second-order valence-electron chi connectivity index (χ2n) is 5.45. The highest BCUT2D eigenvalue weighted by molar-refractivity contribution is 6.30. The van der Waals surface area contributed by atoms with Crippen molar-refractivity contribution in [1.29, 1.82) is 0 Å². The van der Waals surface area contributed by atoms with Gasteiger partial charge in [0.05, 0.1) is 6.61 Å². The first kappa shape index (κ1) is 15.7. The van der Waals surface area contributed by atoms with Crippen LogP contribution in [0.1, 0.15) is 24.4 Å². The molecule has 20 heavy (non-hydrogen) atoms. The van der Waals surface area contributed by atoms with Gasteiger partial charge in [-0.15, -0.1) is 0 Å². The van der Waals surface area contributed by atoms with Gasteiger partial charge in [-0.25, -0.2) is 4.39 Å². The Morgan fingerprint density at radius 1 is 1.45 bits per heavy atom. The number of halogens is 2. The zero-order valence-corrected chi connectivity index (χ0v) is 12.6. The fraction of sp³-hybridized carbons (Fsp3) is 0.600. The molecule has 0 spiro atoms. The van der Waals surface area contributed by atoms with Crippen molar-refractivity contribution < 1.29 is 9.13 Å². The van der Waals surface area contributed by atoms with Crippen molar-refractivity contribution in [3.05, 3.63) is 34.6 Å². The van der Waals surface area contributed by atoms with Crippen LogP contribution in [-0.2, 0) is 4.74 Å². The van der Waals surface area contributed by atoms with E-state index in [1.807, 2.05) is 7.05 Å². The number of nitrogens with two attached hydrogens (primary N) is 1. The quantitative estimate of drug-likeness (QED) is 0.750. The van der Waals surface area contributed by atoms with Crippen LogP contribution in [0.15, 0.2) is 18.2 Å². The van der Waals surface area contributed by atoms with Gasteiger partial charge in [-0.05, 0) is 49.6 Å². The summed E-state index contributed by atoms with van der Waals surface area (Å²) < 4.78 is 19.0. The molecule has 5 heteroatoms. The Bertz CT molecular complexity index is 420. The van der Waals surface area contributed by atoms with Crippen molar-refractivity contribution in [2.45, 2.75) is 18.9 Å². The monoisotopic (exact) mass is 300 g/mol. The summed E-state index contributed by atoms with van der Waals surface area (Å²) in [5.41, 5.74) is 6.63. The summed E-state index contributed by atoms with van der Waals surface area (Å²) in [6.45, 7) is 2.71. The van der Waals surface area contributed by atoms with Gasteiger partial charge in [0.2, 0.25) is 0 Å². The van der Waals surface area contributed by atoms with Crippen molar-refractivity contribution in [1.82, 2.24) is 4.90 Å². The average molecular weight is 301 g/mol. The fourth-order valence-electron chi connectivity index (χ4n) is 2.24. The van der Waals surface area contributed by atoms with Crippen LogP contribution in [0.4, 0.5) is 4.39 Å². The molecule has 2 rings (SSSR count). The summed E-state index contributed by atoms with van der Waals surface area (Å²) in [6, 6.07) is 4.51. The molecule has 0 amide bonds. The first-order valence-corrected chi connectivity index (χ1v) is 7.42. The van der Waals surface area contributed by atoms with Gasteiger partial charge in [0, 0.05) is 30.8 Å². The van der Waals surface area contributed by atoms with Gasteiger partial charge in [-0.3, -0.25) is 4.90 Å².